The molecule has 1 aliphatic rings. The zero-order valence-electron chi connectivity index (χ0n) is 9.85. The first-order valence-corrected chi connectivity index (χ1v) is 6.95. The Labute approximate surface area is 102 Å². The molecule has 16 heavy (non-hydrogen) atoms. The van der Waals surface area contributed by atoms with E-state index in [9.17, 15) is 0 Å². The second-order valence-electron chi connectivity index (χ2n) is 4.18. The summed E-state index contributed by atoms with van der Waals surface area (Å²) in [5, 5.41) is 18.3. The minimum absolute atomic E-state index is 0.0280. The van der Waals surface area contributed by atoms with Gasteiger partial charge >= 0.3 is 0 Å². The third-order valence-corrected chi connectivity index (χ3v) is 4.32. The first kappa shape index (κ1) is 13.4. The van der Waals surface area contributed by atoms with E-state index in [1.54, 1.807) is 0 Å². The molecule has 0 aromatic rings. The first-order valence-electron chi connectivity index (χ1n) is 5.90. The Morgan fingerprint density at radius 1 is 1.50 bits per heavy atom. The van der Waals surface area contributed by atoms with Gasteiger partial charge in [0.1, 0.15) is 0 Å². The van der Waals surface area contributed by atoms with E-state index in [0.29, 0.717) is 12.8 Å². The number of hydrogen-bond donors (Lipinski definition) is 0. The lowest BCUT2D eigenvalue weighted by Crippen LogP contribution is -2.40. The Kier molecular flexibility index (Phi) is 6.30. The minimum atomic E-state index is 0.0280. The molecule has 1 rings (SSSR count). The second kappa shape index (κ2) is 7.54. The largest absolute Gasteiger partial charge is 0.300 e. The van der Waals surface area contributed by atoms with E-state index in [4.69, 9.17) is 10.5 Å². The summed E-state index contributed by atoms with van der Waals surface area (Å²) in [5.74, 6) is 1.20. The van der Waals surface area contributed by atoms with Crippen molar-refractivity contribution in [3.8, 4) is 12.1 Å². The molecule has 0 aromatic carbocycles. The van der Waals surface area contributed by atoms with Gasteiger partial charge in [-0.1, -0.05) is 6.92 Å². The molecule has 1 heterocycles. The Balaban J connectivity index is 2.34. The summed E-state index contributed by atoms with van der Waals surface area (Å²) in [6.07, 6.45) is 2.42. The van der Waals surface area contributed by atoms with Crippen molar-refractivity contribution in [3.63, 3.8) is 0 Å². The highest BCUT2D eigenvalue weighted by atomic mass is 32.2. The van der Waals surface area contributed by atoms with E-state index < -0.39 is 0 Å². The van der Waals surface area contributed by atoms with Crippen LogP contribution in [0.15, 0.2) is 0 Å². The van der Waals surface area contributed by atoms with Crippen LogP contribution >= 0.6 is 11.8 Å². The lowest BCUT2D eigenvalue weighted by atomic mass is 10.0. The molecule has 0 unspecified atom stereocenters. The highest BCUT2D eigenvalue weighted by Crippen LogP contribution is 2.22. The molecule has 0 N–H and O–H groups in total. The lowest BCUT2D eigenvalue weighted by molar-refractivity contribution is 0.252. The molecule has 0 aromatic heterocycles. The fourth-order valence-corrected chi connectivity index (χ4v) is 3.19. The van der Waals surface area contributed by atoms with Crippen LogP contribution in [0.25, 0.3) is 0 Å². The molecule has 0 radical (unpaired) electrons. The van der Waals surface area contributed by atoms with Gasteiger partial charge in [-0.05, 0) is 12.8 Å². The van der Waals surface area contributed by atoms with Crippen molar-refractivity contribution in [2.45, 2.75) is 31.4 Å². The number of rotatable bonds is 5. The zero-order chi connectivity index (χ0) is 11.8. The molecule has 0 saturated carbocycles. The Bertz CT molecular complexity index is 279. The van der Waals surface area contributed by atoms with Crippen molar-refractivity contribution >= 4 is 11.8 Å². The van der Waals surface area contributed by atoms with Gasteiger partial charge in [-0.2, -0.15) is 22.3 Å². The average molecular weight is 237 g/mol. The molecule has 2 atom stereocenters. The van der Waals surface area contributed by atoms with Crippen LogP contribution in [-0.2, 0) is 0 Å². The van der Waals surface area contributed by atoms with Gasteiger partial charge in [0.15, 0.2) is 0 Å². The Hall–Kier alpha value is -0.710. The Morgan fingerprint density at radius 3 is 2.94 bits per heavy atom. The van der Waals surface area contributed by atoms with Gasteiger partial charge < -0.3 is 4.90 Å². The van der Waals surface area contributed by atoms with Gasteiger partial charge in [-0.3, -0.25) is 0 Å². The van der Waals surface area contributed by atoms with Gasteiger partial charge in [-0.25, -0.2) is 0 Å². The highest BCUT2D eigenvalue weighted by Gasteiger charge is 2.21. The third kappa shape index (κ3) is 4.43. The van der Waals surface area contributed by atoms with E-state index in [-0.39, 0.29) is 5.92 Å². The number of nitriles is 2. The molecule has 4 heteroatoms. The van der Waals surface area contributed by atoms with E-state index in [2.05, 4.69) is 24.0 Å². The average Bonchev–Trinajstić information content (AvgIpc) is 2.34. The summed E-state index contributed by atoms with van der Waals surface area (Å²) < 4.78 is 0. The van der Waals surface area contributed by atoms with E-state index in [0.717, 1.165) is 24.9 Å². The van der Waals surface area contributed by atoms with Crippen molar-refractivity contribution in [1.82, 2.24) is 4.90 Å². The molecule has 1 saturated heterocycles. The van der Waals surface area contributed by atoms with Crippen LogP contribution in [0, 0.1) is 28.6 Å². The van der Waals surface area contributed by atoms with Crippen LogP contribution in [0.4, 0.5) is 0 Å². The molecular weight excluding hydrogens is 218 g/mol. The van der Waals surface area contributed by atoms with Crippen molar-refractivity contribution in [2.24, 2.45) is 5.92 Å². The number of thioether (sulfide) groups is 1. The summed E-state index contributed by atoms with van der Waals surface area (Å²) in [6, 6.07) is 4.43. The summed E-state index contributed by atoms with van der Waals surface area (Å²) in [4.78, 5) is 2.38. The fraction of sp³-hybridized carbons (Fsp3) is 0.833. The fourth-order valence-electron chi connectivity index (χ4n) is 1.94. The smallest absolute Gasteiger partial charge is 0.0669 e. The maximum Gasteiger partial charge on any atom is 0.0669 e. The number of hydrogen-bond acceptors (Lipinski definition) is 4. The van der Waals surface area contributed by atoms with Crippen LogP contribution in [0.5, 0.6) is 0 Å². The van der Waals surface area contributed by atoms with Crippen LogP contribution < -0.4 is 0 Å². The van der Waals surface area contributed by atoms with E-state index in [1.165, 1.54) is 12.2 Å². The molecular formula is C12H19N3S. The van der Waals surface area contributed by atoms with E-state index in [1.807, 2.05) is 11.8 Å². The topological polar surface area (TPSA) is 50.8 Å². The first-order chi connectivity index (χ1) is 7.80. The maximum absolute atomic E-state index is 9.02. The van der Waals surface area contributed by atoms with Crippen molar-refractivity contribution in [2.75, 3.05) is 25.4 Å². The monoisotopic (exact) mass is 237 g/mol. The normalized spacial score (nSPS) is 23.3. The van der Waals surface area contributed by atoms with Crippen molar-refractivity contribution in [1.29, 1.82) is 10.5 Å². The van der Waals surface area contributed by atoms with E-state index >= 15 is 0 Å². The van der Waals surface area contributed by atoms with Crippen LogP contribution in [0.1, 0.15) is 26.2 Å². The standard InChI is InChI=1S/C12H19N3S/c1-2-12-10-15(6-7-16-12)9-11(8-14)4-3-5-13/h11-12H,2-4,6-7,9-10H2,1H3/t11-,12-/m1/s1. The van der Waals surface area contributed by atoms with Gasteiger partial charge in [-0.15, -0.1) is 0 Å². The predicted octanol–water partition coefficient (Wildman–Crippen LogP) is 2.26. The zero-order valence-corrected chi connectivity index (χ0v) is 10.7. The SMILES string of the molecule is CC[C@@H]1CN(C[C@@H](C#N)CCC#N)CCS1. The van der Waals surface area contributed by atoms with Gasteiger partial charge in [0.05, 0.1) is 18.1 Å². The van der Waals surface area contributed by atoms with Gasteiger partial charge in [0.2, 0.25) is 0 Å². The molecule has 88 valence electrons. The quantitative estimate of drug-likeness (QED) is 0.736. The number of nitrogens with zero attached hydrogens (tertiary/aromatic N) is 3. The van der Waals surface area contributed by atoms with Crippen molar-refractivity contribution < 1.29 is 0 Å². The lowest BCUT2D eigenvalue weighted by Gasteiger charge is -2.32. The Morgan fingerprint density at radius 2 is 2.31 bits per heavy atom. The van der Waals surface area contributed by atoms with Crippen LogP contribution in [-0.4, -0.2) is 35.5 Å². The molecule has 1 fully saturated rings. The maximum atomic E-state index is 9.02. The summed E-state index contributed by atoms with van der Waals surface area (Å²) in [5.41, 5.74) is 0. The van der Waals surface area contributed by atoms with Gasteiger partial charge in [0.25, 0.3) is 0 Å². The second-order valence-corrected chi connectivity index (χ2v) is 5.59. The summed E-state index contributed by atoms with van der Waals surface area (Å²) in [6.45, 7) is 5.26. The molecule has 0 spiro atoms. The molecule has 0 aliphatic carbocycles. The highest BCUT2D eigenvalue weighted by molar-refractivity contribution is 8.00. The molecule has 0 amide bonds. The van der Waals surface area contributed by atoms with Gasteiger partial charge in [0, 0.05) is 37.1 Å². The summed E-state index contributed by atoms with van der Waals surface area (Å²) >= 11 is 2.04. The molecule has 0 bridgehead atoms. The minimum Gasteiger partial charge on any atom is -0.300 e. The van der Waals surface area contributed by atoms with Crippen molar-refractivity contribution in [3.05, 3.63) is 0 Å². The summed E-state index contributed by atoms with van der Waals surface area (Å²) in [7, 11) is 0. The van der Waals surface area contributed by atoms with Crippen LogP contribution in [0.2, 0.25) is 0 Å². The van der Waals surface area contributed by atoms with Crippen LogP contribution in [0.3, 0.4) is 0 Å². The predicted molar refractivity (Wildman–Crippen MR) is 66.9 cm³/mol. The third-order valence-electron chi connectivity index (χ3n) is 2.94. The molecule has 1 aliphatic heterocycles. The molecule has 3 nitrogen and oxygen atoms in total.